The van der Waals surface area contributed by atoms with Gasteiger partial charge in [0.15, 0.2) is 0 Å². The lowest BCUT2D eigenvalue weighted by atomic mass is 10.1. The van der Waals surface area contributed by atoms with Crippen molar-refractivity contribution in [3.05, 3.63) is 47.3 Å². The van der Waals surface area contributed by atoms with Crippen LogP contribution in [0.25, 0.3) is 0 Å². The summed E-state index contributed by atoms with van der Waals surface area (Å²) >= 11 is 0. The molecule has 140 valence electrons. The molecule has 0 bridgehead atoms. The number of benzene rings is 1. The van der Waals surface area contributed by atoms with Crippen molar-refractivity contribution >= 4 is 11.6 Å². The van der Waals surface area contributed by atoms with E-state index in [2.05, 4.69) is 48.1 Å². The average Bonchev–Trinajstić information content (AvgIpc) is 3.21. The summed E-state index contributed by atoms with van der Waals surface area (Å²) in [5, 5.41) is 4.53. The molecule has 1 atom stereocenters. The zero-order valence-electron chi connectivity index (χ0n) is 16.4. The number of anilines is 1. The fourth-order valence-electron chi connectivity index (χ4n) is 3.74. The van der Waals surface area contributed by atoms with E-state index in [0.717, 1.165) is 37.4 Å². The third-order valence-corrected chi connectivity index (χ3v) is 5.65. The van der Waals surface area contributed by atoms with E-state index in [0.29, 0.717) is 18.9 Å². The first-order chi connectivity index (χ1) is 12.5. The summed E-state index contributed by atoms with van der Waals surface area (Å²) in [6, 6.07) is 10.5. The maximum atomic E-state index is 12.5. The fourth-order valence-corrected chi connectivity index (χ4v) is 3.74. The highest BCUT2D eigenvalue weighted by Crippen LogP contribution is 2.24. The second-order valence-corrected chi connectivity index (χ2v) is 7.48. The van der Waals surface area contributed by atoms with Crippen molar-refractivity contribution < 1.29 is 4.79 Å². The van der Waals surface area contributed by atoms with Crippen LogP contribution in [0.5, 0.6) is 0 Å². The van der Waals surface area contributed by atoms with Crippen LogP contribution in [-0.4, -0.2) is 47.3 Å². The Bertz CT molecular complexity index is 753. The van der Waals surface area contributed by atoms with Crippen molar-refractivity contribution in [1.29, 1.82) is 0 Å². The van der Waals surface area contributed by atoms with Crippen LogP contribution in [-0.2, 0) is 11.3 Å². The van der Waals surface area contributed by atoms with Gasteiger partial charge in [0.05, 0.1) is 5.69 Å². The summed E-state index contributed by atoms with van der Waals surface area (Å²) in [5.41, 5.74) is 4.71. The Labute approximate surface area is 156 Å². The highest BCUT2D eigenvalue weighted by Gasteiger charge is 2.25. The molecule has 1 unspecified atom stereocenters. The summed E-state index contributed by atoms with van der Waals surface area (Å²) in [6.45, 7) is 9.76. The molecule has 2 heterocycles. The van der Waals surface area contributed by atoms with Gasteiger partial charge in [-0.05, 0) is 50.8 Å². The van der Waals surface area contributed by atoms with E-state index >= 15 is 0 Å². The molecule has 3 rings (SSSR count). The summed E-state index contributed by atoms with van der Waals surface area (Å²) in [7, 11) is 1.93. The first-order valence-electron chi connectivity index (χ1n) is 9.50. The van der Waals surface area contributed by atoms with Gasteiger partial charge in [0.2, 0.25) is 5.91 Å². The van der Waals surface area contributed by atoms with E-state index in [-0.39, 0.29) is 5.91 Å². The van der Waals surface area contributed by atoms with Gasteiger partial charge < -0.3 is 9.80 Å². The SMILES string of the molecule is Cc1nn(CCC(=O)N(C)CC2CCN(c3ccccc3)C2)c(C)c1C. The van der Waals surface area contributed by atoms with E-state index in [1.165, 1.54) is 11.3 Å². The smallest absolute Gasteiger partial charge is 0.224 e. The van der Waals surface area contributed by atoms with E-state index in [4.69, 9.17) is 0 Å². The maximum Gasteiger partial charge on any atom is 0.224 e. The molecule has 1 aromatic carbocycles. The van der Waals surface area contributed by atoms with Crippen LogP contribution in [0.1, 0.15) is 29.8 Å². The largest absolute Gasteiger partial charge is 0.371 e. The number of hydrogen-bond donors (Lipinski definition) is 0. The number of amides is 1. The Morgan fingerprint density at radius 3 is 2.62 bits per heavy atom. The van der Waals surface area contributed by atoms with Crippen molar-refractivity contribution in [2.75, 3.05) is 31.6 Å². The maximum absolute atomic E-state index is 12.5. The molecule has 0 radical (unpaired) electrons. The molecule has 0 N–H and O–H groups in total. The van der Waals surface area contributed by atoms with Gasteiger partial charge in [0.1, 0.15) is 0 Å². The van der Waals surface area contributed by atoms with Crippen molar-refractivity contribution in [3.63, 3.8) is 0 Å². The Kier molecular flexibility index (Phi) is 5.64. The Morgan fingerprint density at radius 2 is 1.96 bits per heavy atom. The zero-order chi connectivity index (χ0) is 18.7. The molecule has 26 heavy (non-hydrogen) atoms. The third kappa shape index (κ3) is 4.09. The van der Waals surface area contributed by atoms with Gasteiger partial charge in [-0.3, -0.25) is 9.48 Å². The van der Waals surface area contributed by atoms with E-state index in [9.17, 15) is 4.79 Å². The molecule has 0 aliphatic carbocycles. The fraction of sp³-hybridized carbons (Fsp3) is 0.524. The Morgan fingerprint density at radius 1 is 1.23 bits per heavy atom. The van der Waals surface area contributed by atoms with Crippen LogP contribution in [0.4, 0.5) is 5.69 Å². The molecule has 2 aromatic rings. The second-order valence-electron chi connectivity index (χ2n) is 7.48. The van der Waals surface area contributed by atoms with Crippen molar-refractivity contribution in [3.8, 4) is 0 Å². The minimum atomic E-state index is 0.202. The molecule has 5 nitrogen and oxygen atoms in total. The lowest BCUT2D eigenvalue weighted by molar-refractivity contribution is -0.130. The standard InChI is InChI=1S/C21H30N4O/c1-16-17(2)22-25(18(16)3)13-11-21(26)23(4)14-19-10-12-24(15-19)20-8-6-5-7-9-20/h5-9,19H,10-15H2,1-4H3. The molecule has 0 spiro atoms. The molecular formula is C21H30N4O. The number of rotatable bonds is 6. The quantitative estimate of drug-likeness (QED) is 0.800. The second kappa shape index (κ2) is 7.94. The van der Waals surface area contributed by atoms with Crippen LogP contribution in [0, 0.1) is 26.7 Å². The molecular weight excluding hydrogens is 324 g/mol. The van der Waals surface area contributed by atoms with Crippen molar-refractivity contribution in [2.24, 2.45) is 5.92 Å². The lowest BCUT2D eigenvalue weighted by Gasteiger charge is -2.23. The normalized spacial score (nSPS) is 16.9. The van der Waals surface area contributed by atoms with Gasteiger partial charge >= 0.3 is 0 Å². The zero-order valence-corrected chi connectivity index (χ0v) is 16.4. The first-order valence-corrected chi connectivity index (χ1v) is 9.50. The first kappa shape index (κ1) is 18.5. The van der Waals surface area contributed by atoms with Crippen LogP contribution in [0.3, 0.4) is 0 Å². The summed E-state index contributed by atoms with van der Waals surface area (Å²) in [6.07, 6.45) is 1.65. The number of hydrogen-bond acceptors (Lipinski definition) is 3. The van der Waals surface area contributed by atoms with Crippen LogP contribution in [0.15, 0.2) is 30.3 Å². The van der Waals surface area contributed by atoms with Crippen molar-refractivity contribution in [2.45, 2.75) is 40.2 Å². The third-order valence-electron chi connectivity index (χ3n) is 5.65. The number of carbonyl (C=O) groups excluding carboxylic acids is 1. The average molecular weight is 354 g/mol. The highest BCUT2D eigenvalue weighted by molar-refractivity contribution is 5.75. The van der Waals surface area contributed by atoms with Gasteiger partial charge in [0, 0.05) is 51.0 Å². The molecule has 1 aromatic heterocycles. The van der Waals surface area contributed by atoms with E-state index in [1.807, 2.05) is 29.6 Å². The summed E-state index contributed by atoms with van der Waals surface area (Å²) in [4.78, 5) is 16.8. The van der Waals surface area contributed by atoms with Gasteiger partial charge in [0.25, 0.3) is 0 Å². The predicted molar refractivity (Wildman–Crippen MR) is 105 cm³/mol. The van der Waals surface area contributed by atoms with Gasteiger partial charge in [-0.2, -0.15) is 5.10 Å². The lowest BCUT2D eigenvalue weighted by Crippen LogP contribution is -2.33. The summed E-state index contributed by atoms with van der Waals surface area (Å²) < 4.78 is 1.96. The molecule has 0 saturated carbocycles. The monoisotopic (exact) mass is 354 g/mol. The molecule has 1 amide bonds. The van der Waals surface area contributed by atoms with E-state index < -0.39 is 0 Å². The number of para-hydroxylation sites is 1. The van der Waals surface area contributed by atoms with Crippen LogP contribution in [0.2, 0.25) is 0 Å². The highest BCUT2D eigenvalue weighted by atomic mass is 16.2. The minimum absolute atomic E-state index is 0.202. The van der Waals surface area contributed by atoms with Crippen molar-refractivity contribution in [1.82, 2.24) is 14.7 Å². The molecule has 1 aliphatic heterocycles. The van der Waals surface area contributed by atoms with E-state index in [1.54, 1.807) is 0 Å². The van der Waals surface area contributed by atoms with Gasteiger partial charge in [-0.15, -0.1) is 0 Å². The van der Waals surface area contributed by atoms with Gasteiger partial charge in [-0.25, -0.2) is 0 Å². The molecule has 1 saturated heterocycles. The predicted octanol–water partition coefficient (Wildman–Crippen LogP) is 3.18. The minimum Gasteiger partial charge on any atom is -0.371 e. The topological polar surface area (TPSA) is 41.4 Å². The van der Waals surface area contributed by atoms with Gasteiger partial charge in [-0.1, -0.05) is 18.2 Å². The molecule has 5 heteroatoms. The molecule has 1 aliphatic rings. The Hall–Kier alpha value is -2.30. The van der Waals surface area contributed by atoms with Crippen LogP contribution >= 0.6 is 0 Å². The number of nitrogens with zero attached hydrogens (tertiary/aromatic N) is 4. The summed E-state index contributed by atoms with van der Waals surface area (Å²) in [5.74, 6) is 0.744. The number of aryl methyl sites for hydroxylation is 2. The number of carbonyl (C=O) groups is 1. The van der Waals surface area contributed by atoms with Crippen LogP contribution < -0.4 is 4.90 Å². The molecule has 1 fully saturated rings. The Balaban J connectivity index is 1.48. The number of aromatic nitrogens is 2.